The molecule has 506 valence electrons. The standard InChI is InChI=1S/C99H92BN3/c1-94(2,3)69-37-29-35-65(53-69)67-45-49-80-84(55-67)100-85-56-68(66-36-30-38-70(54-66)95(4,5)6)46-50-90(85)103(93-76(63-31-19-16-20-32-63)59-73(98(13,14)15)60-77(93)64-33-21-17-22-34-64)91-62-75(102-86-51-47-71(96(7,8)9)57-78(86)79-58-72(97(10,11)12)48-52-87(79)102)61-83(92(91)100)99(80)81-41-25-27-43-88(81)101(74-39-23-18-24-40-74)89-44-28-26-42-82(89)99/h16-62H,1-15H3. The van der Waals surface area contributed by atoms with Crippen LogP contribution in [0.2, 0.25) is 0 Å². The van der Waals surface area contributed by atoms with Crippen molar-refractivity contribution in [3.05, 3.63) is 335 Å². The highest BCUT2D eigenvalue weighted by Gasteiger charge is 2.56. The maximum absolute atomic E-state index is 2.76. The summed E-state index contributed by atoms with van der Waals surface area (Å²) in [6, 6.07) is 111. The summed E-state index contributed by atoms with van der Waals surface area (Å²) in [5.41, 5.74) is 33.9. The Morgan fingerprint density at radius 3 is 1.18 bits per heavy atom. The second-order valence-electron chi connectivity index (χ2n) is 34.6. The molecule has 3 aliphatic heterocycles. The second kappa shape index (κ2) is 23.7. The van der Waals surface area contributed by atoms with Crippen LogP contribution >= 0.6 is 0 Å². The SMILES string of the molecule is CC(C)(C)c1cccc(-c2ccc3c(c2)B2c4cc(-c5cccc(C(C)(C)C)c5)ccc4C4(c5ccccc5N(c5ccccc5)c5ccccc54)c4cc(-n5c6ccc(C(C)(C)C)cc6c6cc(C(C)(C)C)ccc65)cc(c42)N3c2c(-c3ccccc3)cc(C(C)(C)C)cc2-c2ccccc2)c1. The van der Waals surface area contributed by atoms with Crippen LogP contribution in [0.1, 0.15) is 154 Å². The Balaban J connectivity index is 1.11. The fraction of sp³-hybridized carbons (Fsp3) is 0.212. The van der Waals surface area contributed by atoms with Gasteiger partial charge in [-0.15, -0.1) is 0 Å². The lowest BCUT2D eigenvalue weighted by molar-refractivity contribution is 0.590. The summed E-state index contributed by atoms with van der Waals surface area (Å²) in [7, 11) is 0. The Morgan fingerprint density at radius 1 is 0.262 bits per heavy atom. The van der Waals surface area contributed by atoms with E-state index in [1.165, 1.54) is 122 Å². The molecule has 0 amide bonds. The summed E-state index contributed by atoms with van der Waals surface area (Å²) in [5, 5.41) is 2.52. The lowest BCUT2D eigenvalue weighted by Gasteiger charge is -2.52. The molecule has 3 aliphatic rings. The van der Waals surface area contributed by atoms with Crippen LogP contribution in [0.3, 0.4) is 0 Å². The number of para-hydroxylation sites is 3. The Hall–Kier alpha value is -10.7. The normalized spacial score (nSPS) is 14.0. The van der Waals surface area contributed by atoms with Crippen molar-refractivity contribution in [2.45, 2.75) is 136 Å². The van der Waals surface area contributed by atoms with E-state index in [-0.39, 0.29) is 33.8 Å². The van der Waals surface area contributed by atoms with Crippen molar-refractivity contribution in [2.24, 2.45) is 0 Å². The van der Waals surface area contributed by atoms with Gasteiger partial charge in [0, 0.05) is 44.6 Å². The Bertz CT molecular complexity index is 5540. The smallest absolute Gasteiger partial charge is 0.247 e. The number of hydrogen-bond donors (Lipinski definition) is 0. The van der Waals surface area contributed by atoms with Gasteiger partial charge in [0.05, 0.1) is 33.5 Å². The summed E-state index contributed by atoms with van der Waals surface area (Å²) in [4.78, 5) is 5.29. The van der Waals surface area contributed by atoms with E-state index in [0.29, 0.717) is 0 Å². The molecule has 0 unspecified atom stereocenters. The van der Waals surface area contributed by atoms with Gasteiger partial charge < -0.3 is 14.4 Å². The number of aromatic nitrogens is 1. The molecule has 0 saturated carbocycles. The van der Waals surface area contributed by atoms with Crippen molar-refractivity contribution in [3.63, 3.8) is 0 Å². The minimum absolute atomic E-state index is 0.0607. The van der Waals surface area contributed by atoms with Crippen molar-refractivity contribution in [1.29, 1.82) is 0 Å². The minimum Gasteiger partial charge on any atom is -0.310 e. The Labute approximate surface area is 611 Å². The van der Waals surface area contributed by atoms with Crippen molar-refractivity contribution in [3.8, 4) is 50.2 Å². The van der Waals surface area contributed by atoms with Crippen molar-refractivity contribution in [2.75, 3.05) is 9.80 Å². The van der Waals surface area contributed by atoms with Gasteiger partial charge in [-0.3, -0.25) is 0 Å². The average molecular weight is 1330 g/mol. The molecule has 0 aliphatic carbocycles. The van der Waals surface area contributed by atoms with E-state index in [0.717, 1.165) is 50.9 Å². The van der Waals surface area contributed by atoms with E-state index in [1.807, 2.05) is 0 Å². The predicted octanol–water partition coefficient (Wildman–Crippen LogP) is 24.7. The van der Waals surface area contributed by atoms with Gasteiger partial charge in [-0.05, 0) is 200 Å². The largest absolute Gasteiger partial charge is 0.310 e. The van der Waals surface area contributed by atoms with Crippen molar-refractivity contribution < 1.29 is 0 Å². The fourth-order valence-electron chi connectivity index (χ4n) is 17.3. The quantitative estimate of drug-likeness (QED) is 0.147. The molecular formula is C99H92BN3. The highest BCUT2D eigenvalue weighted by Crippen LogP contribution is 2.61. The highest BCUT2D eigenvalue weighted by atomic mass is 15.2. The number of hydrogen-bond acceptors (Lipinski definition) is 2. The number of nitrogens with zero attached hydrogens (tertiary/aromatic N) is 3. The summed E-state index contributed by atoms with van der Waals surface area (Å²) in [6.07, 6.45) is 0. The van der Waals surface area contributed by atoms with Crippen LogP contribution in [0.15, 0.2) is 285 Å². The first-order valence-electron chi connectivity index (χ1n) is 37.2. The summed E-state index contributed by atoms with van der Waals surface area (Å²) in [5.74, 6) is 0. The summed E-state index contributed by atoms with van der Waals surface area (Å²) < 4.78 is 2.64. The van der Waals surface area contributed by atoms with Crippen LogP contribution in [0.25, 0.3) is 72.0 Å². The topological polar surface area (TPSA) is 11.4 Å². The number of anilines is 6. The zero-order chi connectivity index (χ0) is 71.4. The molecule has 4 heterocycles. The molecular weight excluding hydrogens is 1240 g/mol. The highest BCUT2D eigenvalue weighted by molar-refractivity contribution is 6.99. The van der Waals surface area contributed by atoms with Gasteiger partial charge in [0.25, 0.3) is 0 Å². The monoisotopic (exact) mass is 1330 g/mol. The molecule has 14 aromatic rings. The third-order valence-electron chi connectivity index (χ3n) is 22.8. The van der Waals surface area contributed by atoms with Crippen molar-refractivity contribution in [1.82, 2.24) is 4.57 Å². The second-order valence-corrected chi connectivity index (χ2v) is 34.6. The first kappa shape index (κ1) is 65.6. The van der Waals surface area contributed by atoms with E-state index in [1.54, 1.807) is 0 Å². The first-order chi connectivity index (χ1) is 49.2. The molecule has 0 N–H and O–H groups in total. The molecule has 4 heteroatoms. The molecule has 0 fully saturated rings. The van der Waals surface area contributed by atoms with Crippen LogP contribution in [0, 0.1) is 0 Å². The minimum atomic E-state index is -0.907. The molecule has 0 bridgehead atoms. The third-order valence-corrected chi connectivity index (χ3v) is 22.8. The lowest BCUT2D eigenvalue weighted by atomic mass is 9.29. The van der Waals surface area contributed by atoms with Gasteiger partial charge >= 0.3 is 0 Å². The maximum atomic E-state index is 2.76. The van der Waals surface area contributed by atoms with E-state index >= 15 is 0 Å². The Kier molecular flexibility index (Phi) is 15.1. The fourth-order valence-corrected chi connectivity index (χ4v) is 17.3. The molecule has 17 rings (SSSR count). The van der Waals surface area contributed by atoms with Gasteiger partial charge in [-0.25, -0.2) is 0 Å². The lowest BCUT2D eigenvalue weighted by Crippen LogP contribution is -2.65. The van der Waals surface area contributed by atoms with Crippen LogP contribution in [0.4, 0.5) is 34.1 Å². The van der Waals surface area contributed by atoms with E-state index in [2.05, 4.69) is 403 Å². The number of benzene rings is 13. The molecule has 1 spiro atoms. The molecule has 0 atom stereocenters. The van der Waals surface area contributed by atoms with Crippen LogP contribution in [0.5, 0.6) is 0 Å². The Morgan fingerprint density at radius 2 is 0.689 bits per heavy atom. The predicted molar refractivity (Wildman–Crippen MR) is 442 cm³/mol. The van der Waals surface area contributed by atoms with Crippen LogP contribution in [-0.4, -0.2) is 11.3 Å². The number of rotatable bonds is 7. The van der Waals surface area contributed by atoms with Crippen LogP contribution in [-0.2, 0) is 32.5 Å². The first-order valence-corrected chi connectivity index (χ1v) is 37.2. The summed E-state index contributed by atoms with van der Waals surface area (Å²) in [6.45, 7) is 34.9. The number of fused-ring (bicyclic) bond motifs is 13. The molecule has 3 nitrogen and oxygen atoms in total. The zero-order valence-corrected chi connectivity index (χ0v) is 62.6. The van der Waals surface area contributed by atoms with Crippen LogP contribution < -0.4 is 26.2 Å². The van der Waals surface area contributed by atoms with Gasteiger partial charge in [0.1, 0.15) is 0 Å². The molecule has 13 aromatic carbocycles. The van der Waals surface area contributed by atoms with Gasteiger partial charge in [-0.2, -0.15) is 0 Å². The van der Waals surface area contributed by atoms with Gasteiger partial charge in [0.15, 0.2) is 0 Å². The van der Waals surface area contributed by atoms with Gasteiger partial charge in [0.2, 0.25) is 6.71 Å². The molecule has 0 radical (unpaired) electrons. The maximum Gasteiger partial charge on any atom is 0.247 e. The van der Waals surface area contributed by atoms with Crippen molar-refractivity contribution >= 4 is 79.0 Å². The van der Waals surface area contributed by atoms with E-state index in [9.17, 15) is 0 Å². The summed E-state index contributed by atoms with van der Waals surface area (Å²) >= 11 is 0. The van der Waals surface area contributed by atoms with E-state index in [4.69, 9.17) is 0 Å². The van der Waals surface area contributed by atoms with Gasteiger partial charge in [-0.1, -0.05) is 316 Å². The third kappa shape index (κ3) is 10.7. The molecule has 1 aromatic heterocycles. The zero-order valence-electron chi connectivity index (χ0n) is 62.6. The van der Waals surface area contributed by atoms with E-state index < -0.39 is 5.41 Å². The molecule has 0 saturated heterocycles. The molecule has 103 heavy (non-hydrogen) atoms. The average Bonchev–Trinajstić information content (AvgIpc) is 1.11.